The standard InChI is InChI=1S/C17H25ClN4O/c18-14-2-1-3-15(12-14)20-17(23)5-9-21-8-4-16(13-21)22-10-6-19-7-11-22/h1-3,12,16,19H,4-11,13H2,(H,20,23). The van der Waals surface area contributed by atoms with Gasteiger partial charge in [-0.3, -0.25) is 9.69 Å². The van der Waals surface area contributed by atoms with Gasteiger partial charge in [0.15, 0.2) is 0 Å². The summed E-state index contributed by atoms with van der Waals surface area (Å²) in [5, 5.41) is 6.95. The third-order valence-electron chi connectivity index (χ3n) is 4.68. The van der Waals surface area contributed by atoms with Gasteiger partial charge in [-0.25, -0.2) is 0 Å². The summed E-state index contributed by atoms with van der Waals surface area (Å²) in [6, 6.07) is 7.94. The van der Waals surface area contributed by atoms with Gasteiger partial charge in [-0.2, -0.15) is 0 Å². The molecule has 0 aromatic heterocycles. The number of nitrogens with one attached hydrogen (secondary N) is 2. The SMILES string of the molecule is O=C(CCN1CCC(N2CCNCC2)C1)Nc1cccc(Cl)c1. The van der Waals surface area contributed by atoms with E-state index in [0.29, 0.717) is 17.5 Å². The lowest BCUT2D eigenvalue weighted by molar-refractivity contribution is -0.116. The number of halogens is 1. The summed E-state index contributed by atoms with van der Waals surface area (Å²) in [5.41, 5.74) is 0.766. The van der Waals surface area contributed by atoms with Crippen LogP contribution in [0.2, 0.25) is 5.02 Å². The van der Waals surface area contributed by atoms with Crippen LogP contribution in [0.5, 0.6) is 0 Å². The zero-order valence-electron chi connectivity index (χ0n) is 13.4. The van der Waals surface area contributed by atoms with Gasteiger partial charge in [-0.1, -0.05) is 17.7 Å². The number of rotatable bonds is 5. The Morgan fingerprint density at radius 1 is 1.30 bits per heavy atom. The molecule has 0 radical (unpaired) electrons. The Balaban J connectivity index is 1.39. The molecule has 0 aliphatic carbocycles. The predicted octanol–water partition coefficient (Wildman–Crippen LogP) is 1.65. The molecule has 2 N–H and O–H groups in total. The van der Waals surface area contributed by atoms with Crippen LogP contribution in [0.15, 0.2) is 24.3 Å². The molecule has 3 rings (SSSR count). The van der Waals surface area contributed by atoms with Crippen LogP contribution >= 0.6 is 11.6 Å². The summed E-state index contributed by atoms with van der Waals surface area (Å²) < 4.78 is 0. The van der Waals surface area contributed by atoms with E-state index >= 15 is 0 Å². The molecule has 2 heterocycles. The zero-order chi connectivity index (χ0) is 16.1. The first-order valence-electron chi connectivity index (χ1n) is 8.43. The first-order valence-corrected chi connectivity index (χ1v) is 8.81. The molecular formula is C17H25ClN4O. The summed E-state index contributed by atoms with van der Waals surface area (Å²) in [6.45, 7) is 7.50. The predicted molar refractivity (Wildman–Crippen MR) is 94.0 cm³/mol. The first kappa shape index (κ1) is 16.7. The highest BCUT2D eigenvalue weighted by molar-refractivity contribution is 6.30. The Morgan fingerprint density at radius 2 is 2.13 bits per heavy atom. The fraction of sp³-hybridized carbons (Fsp3) is 0.588. The minimum absolute atomic E-state index is 0.0536. The minimum Gasteiger partial charge on any atom is -0.326 e. The van der Waals surface area contributed by atoms with Crippen LogP contribution in [0.4, 0.5) is 5.69 Å². The van der Waals surface area contributed by atoms with Gasteiger partial charge >= 0.3 is 0 Å². The number of carbonyl (C=O) groups excluding carboxylic acids is 1. The average molecular weight is 337 g/mol. The molecule has 23 heavy (non-hydrogen) atoms. The topological polar surface area (TPSA) is 47.6 Å². The first-order chi connectivity index (χ1) is 11.2. The lowest BCUT2D eigenvalue weighted by Gasteiger charge is -2.32. The van der Waals surface area contributed by atoms with Crippen molar-refractivity contribution in [1.29, 1.82) is 0 Å². The second-order valence-electron chi connectivity index (χ2n) is 6.34. The number of nitrogens with zero attached hydrogens (tertiary/aromatic N) is 2. The van der Waals surface area contributed by atoms with Gasteiger partial charge in [-0.15, -0.1) is 0 Å². The van der Waals surface area contributed by atoms with Crippen molar-refractivity contribution in [3.05, 3.63) is 29.3 Å². The van der Waals surface area contributed by atoms with Gasteiger partial charge in [0.05, 0.1) is 0 Å². The largest absolute Gasteiger partial charge is 0.326 e. The number of piperazine rings is 1. The maximum Gasteiger partial charge on any atom is 0.225 e. The monoisotopic (exact) mass is 336 g/mol. The van der Waals surface area contributed by atoms with E-state index in [4.69, 9.17) is 11.6 Å². The molecule has 0 spiro atoms. The van der Waals surface area contributed by atoms with Gasteiger partial charge < -0.3 is 15.5 Å². The molecule has 1 atom stereocenters. The highest BCUT2D eigenvalue weighted by atomic mass is 35.5. The molecular weight excluding hydrogens is 312 g/mol. The highest BCUT2D eigenvalue weighted by Crippen LogP contribution is 2.17. The maximum atomic E-state index is 12.1. The van der Waals surface area contributed by atoms with Crippen molar-refractivity contribution in [3.63, 3.8) is 0 Å². The molecule has 126 valence electrons. The summed E-state index contributed by atoms with van der Waals surface area (Å²) in [5.74, 6) is 0.0536. The van der Waals surface area contributed by atoms with E-state index in [-0.39, 0.29) is 5.91 Å². The number of carbonyl (C=O) groups is 1. The molecule has 2 aliphatic rings. The fourth-order valence-corrected chi connectivity index (χ4v) is 3.60. The van der Waals surface area contributed by atoms with Crippen LogP contribution in [0.3, 0.4) is 0 Å². The highest BCUT2D eigenvalue weighted by Gasteiger charge is 2.28. The second-order valence-corrected chi connectivity index (χ2v) is 6.77. The van der Waals surface area contributed by atoms with Gasteiger partial charge in [0.1, 0.15) is 0 Å². The molecule has 1 amide bonds. The van der Waals surface area contributed by atoms with Gasteiger partial charge in [0, 0.05) is 62.4 Å². The quantitative estimate of drug-likeness (QED) is 0.858. The van der Waals surface area contributed by atoms with Crippen molar-refractivity contribution in [2.45, 2.75) is 18.9 Å². The van der Waals surface area contributed by atoms with E-state index in [2.05, 4.69) is 20.4 Å². The fourth-order valence-electron chi connectivity index (χ4n) is 3.41. The van der Waals surface area contributed by atoms with Gasteiger partial charge in [0.25, 0.3) is 0 Å². The third-order valence-corrected chi connectivity index (χ3v) is 4.91. The normalized spacial score (nSPS) is 23.1. The molecule has 1 unspecified atom stereocenters. The Morgan fingerprint density at radius 3 is 2.91 bits per heavy atom. The van der Waals surface area contributed by atoms with E-state index in [0.717, 1.165) is 51.5 Å². The summed E-state index contributed by atoms with van der Waals surface area (Å²) in [4.78, 5) is 17.1. The Kier molecular flexibility index (Phi) is 5.89. The molecule has 2 saturated heterocycles. The summed E-state index contributed by atoms with van der Waals surface area (Å²) in [7, 11) is 0. The van der Waals surface area contributed by atoms with Crippen molar-refractivity contribution in [1.82, 2.24) is 15.1 Å². The van der Waals surface area contributed by atoms with E-state index in [9.17, 15) is 4.79 Å². The smallest absolute Gasteiger partial charge is 0.225 e. The Labute approximate surface area is 143 Å². The van der Waals surface area contributed by atoms with Crippen molar-refractivity contribution in [3.8, 4) is 0 Å². The van der Waals surface area contributed by atoms with Crippen LogP contribution in [-0.4, -0.2) is 67.6 Å². The summed E-state index contributed by atoms with van der Waals surface area (Å²) >= 11 is 5.93. The molecule has 2 aliphatic heterocycles. The van der Waals surface area contributed by atoms with Crippen LogP contribution in [0, 0.1) is 0 Å². The van der Waals surface area contributed by atoms with Crippen molar-refractivity contribution >= 4 is 23.2 Å². The average Bonchev–Trinajstić information content (AvgIpc) is 3.03. The molecule has 2 fully saturated rings. The Hall–Kier alpha value is -1.14. The van der Waals surface area contributed by atoms with Crippen molar-refractivity contribution in [2.24, 2.45) is 0 Å². The number of anilines is 1. The summed E-state index contributed by atoms with van der Waals surface area (Å²) in [6.07, 6.45) is 1.75. The lowest BCUT2D eigenvalue weighted by atomic mass is 10.2. The van der Waals surface area contributed by atoms with Crippen LogP contribution in [0.25, 0.3) is 0 Å². The van der Waals surface area contributed by atoms with Gasteiger partial charge in [-0.05, 0) is 31.2 Å². The van der Waals surface area contributed by atoms with Crippen LogP contribution < -0.4 is 10.6 Å². The third kappa shape index (κ3) is 4.91. The van der Waals surface area contributed by atoms with Crippen LogP contribution in [-0.2, 0) is 4.79 Å². The molecule has 1 aromatic carbocycles. The number of hydrogen-bond donors (Lipinski definition) is 2. The number of hydrogen-bond acceptors (Lipinski definition) is 4. The second kappa shape index (κ2) is 8.11. The lowest BCUT2D eigenvalue weighted by Crippen LogP contribution is -2.49. The zero-order valence-corrected chi connectivity index (χ0v) is 14.2. The van der Waals surface area contributed by atoms with E-state index in [1.807, 2.05) is 12.1 Å². The van der Waals surface area contributed by atoms with E-state index < -0.39 is 0 Å². The maximum absolute atomic E-state index is 12.1. The molecule has 0 saturated carbocycles. The van der Waals surface area contributed by atoms with E-state index in [1.165, 1.54) is 6.42 Å². The molecule has 6 heteroatoms. The van der Waals surface area contributed by atoms with Gasteiger partial charge in [0.2, 0.25) is 5.91 Å². The van der Waals surface area contributed by atoms with Crippen LogP contribution in [0.1, 0.15) is 12.8 Å². The van der Waals surface area contributed by atoms with Crippen molar-refractivity contribution < 1.29 is 4.79 Å². The van der Waals surface area contributed by atoms with E-state index in [1.54, 1.807) is 12.1 Å². The Bertz CT molecular complexity index is 533. The van der Waals surface area contributed by atoms with Crippen molar-refractivity contribution in [2.75, 3.05) is 51.1 Å². The number of likely N-dealkylation sites (tertiary alicyclic amines) is 1. The molecule has 0 bridgehead atoms. The number of amides is 1. The number of benzene rings is 1. The molecule has 5 nitrogen and oxygen atoms in total. The minimum atomic E-state index is 0.0536. The molecule has 1 aromatic rings.